The maximum atomic E-state index is 13.1. The number of aromatic nitrogens is 1. The maximum absolute atomic E-state index is 13.1. The van der Waals surface area contributed by atoms with E-state index in [4.69, 9.17) is 9.26 Å². The summed E-state index contributed by atoms with van der Waals surface area (Å²) in [6, 6.07) is 0.576. The molecule has 0 aliphatic carbocycles. The highest BCUT2D eigenvalue weighted by molar-refractivity contribution is 7.89. The Morgan fingerprint density at radius 2 is 1.87 bits per heavy atom. The number of sulfonamides is 1. The van der Waals surface area contributed by atoms with Gasteiger partial charge in [0.25, 0.3) is 0 Å². The van der Waals surface area contributed by atoms with Crippen molar-refractivity contribution in [2.24, 2.45) is 0 Å². The lowest BCUT2D eigenvalue weighted by molar-refractivity contribution is -0.131. The Morgan fingerprint density at radius 3 is 2.47 bits per heavy atom. The molecular formula is C20H34N4O5S. The van der Waals surface area contributed by atoms with E-state index in [2.05, 4.69) is 10.1 Å². The summed E-state index contributed by atoms with van der Waals surface area (Å²) < 4.78 is 38.1. The molecule has 0 radical (unpaired) electrons. The van der Waals surface area contributed by atoms with Gasteiger partial charge < -0.3 is 14.2 Å². The van der Waals surface area contributed by atoms with Crippen molar-refractivity contribution in [3.63, 3.8) is 0 Å². The number of hydrogen-bond donors (Lipinski definition) is 0. The number of ether oxygens (including phenoxy) is 1. The van der Waals surface area contributed by atoms with Gasteiger partial charge in [-0.05, 0) is 39.5 Å². The summed E-state index contributed by atoms with van der Waals surface area (Å²) in [5, 5.41) is 3.79. The van der Waals surface area contributed by atoms with E-state index in [0.29, 0.717) is 37.1 Å². The lowest BCUT2D eigenvalue weighted by Gasteiger charge is -2.44. The van der Waals surface area contributed by atoms with E-state index < -0.39 is 10.0 Å². The molecule has 1 unspecified atom stereocenters. The van der Waals surface area contributed by atoms with E-state index in [1.54, 1.807) is 27.8 Å². The minimum absolute atomic E-state index is 0.102. The van der Waals surface area contributed by atoms with E-state index in [1.807, 2.05) is 4.90 Å². The molecule has 170 valence electrons. The Kier molecular flexibility index (Phi) is 7.54. The SMILES string of the molecule is CC(=O)N1CCCC(N(CCN(C)S(=O)(=O)c2c(C)noc2C)C2CCOCC2)C1. The fourth-order valence-electron chi connectivity index (χ4n) is 4.57. The Labute approximate surface area is 179 Å². The number of likely N-dealkylation sites (N-methyl/N-ethyl adjacent to an activating group) is 1. The molecule has 1 aromatic rings. The molecule has 0 N–H and O–H groups in total. The molecule has 9 nitrogen and oxygen atoms in total. The van der Waals surface area contributed by atoms with E-state index >= 15 is 0 Å². The molecule has 0 spiro atoms. The highest BCUT2D eigenvalue weighted by atomic mass is 32.2. The first-order valence-corrected chi connectivity index (χ1v) is 12.1. The Balaban J connectivity index is 1.73. The fourth-order valence-corrected chi connectivity index (χ4v) is 6.01. The molecule has 0 saturated carbocycles. The third-order valence-electron chi connectivity index (χ3n) is 6.28. The van der Waals surface area contributed by atoms with Crippen molar-refractivity contribution in [3.05, 3.63) is 11.5 Å². The van der Waals surface area contributed by atoms with Crippen molar-refractivity contribution in [3.8, 4) is 0 Å². The van der Waals surface area contributed by atoms with Crippen molar-refractivity contribution < 1.29 is 22.5 Å². The van der Waals surface area contributed by atoms with Crippen LogP contribution in [0.1, 0.15) is 44.1 Å². The first-order chi connectivity index (χ1) is 14.2. The molecule has 1 atom stereocenters. The number of likely N-dealkylation sites (tertiary alicyclic amines) is 1. The van der Waals surface area contributed by atoms with E-state index in [-0.39, 0.29) is 16.8 Å². The van der Waals surface area contributed by atoms with Crippen LogP contribution in [0.2, 0.25) is 0 Å². The number of carbonyl (C=O) groups excluding carboxylic acids is 1. The molecule has 2 aliphatic heterocycles. The first kappa shape index (κ1) is 23.2. The third kappa shape index (κ3) is 5.04. The number of aryl methyl sites for hydroxylation is 2. The molecule has 1 aromatic heterocycles. The second-order valence-electron chi connectivity index (χ2n) is 8.32. The van der Waals surface area contributed by atoms with Gasteiger partial charge in [-0.25, -0.2) is 8.42 Å². The minimum atomic E-state index is -3.68. The number of hydrogen-bond acceptors (Lipinski definition) is 7. The van der Waals surface area contributed by atoms with Crippen molar-refractivity contribution in [1.29, 1.82) is 0 Å². The predicted molar refractivity (Wildman–Crippen MR) is 112 cm³/mol. The zero-order chi connectivity index (χ0) is 21.9. The summed E-state index contributed by atoms with van der Waals surface area (Å²) >= 11 is 0. The highest BCUT2D eigenvalue weighted by Gasteiger charge is 2.34. The first-order valence-electron chi connectivity index (χ1n) is 10.7. The molecule has 0 aromatic carbocycles. The molecule has 3 rings (SSSR count). The minimum Gasteiger partial charge on any atom is -0.381 e. The number of nitrogens with zero attached hydrogens (tertiary/aromatic N) is 4. The van der Waals surface area contributed by atoms with Gasteiger partial charge in [0.05, 0.1) is 0 Å². The fraction of sp³-hybridized carbons (Fsp3) is 0.800. The normalized spacial score (nSPS) is 21.5. The molecule has 10 heteroatoms. The van der Waals surface area contributed by atoms with Crippen LogP contribution in [-0.4, -0.2) is 92.1 Å². The van der Waals surface area contributed by atoms with Crippen LogP contribution >= 0.6 is 0 Å². The lowest BCUT2D eigenvalue weighted by atomic mass is 9.98. The van der Waals surface area contributed by atoms with Crippen molar-refractivity contribution in [2.45, 2.75) is 63.4 Å². The van der Waals surface area contributed by atoms with Gasteiger partial charge in [0.2, 0.25) is 15.9 Å². The Bertz CT molecular complexity index is 815. The van der Waals surface area contributed by atoms with Crippen molar-refractivity contribution in [1.82, 2.24) is 19.3 Å². The average molecular weight is 443 g/mol. The molecule has 3 heterocycles. The molecule has 30 heavy (non-hydrogen) atoms. The van der Waals surface area contributed by atoms with Gasteiger partial charge in [0.1, 0.15) is 10.6 Å². The predicted octanol–water partition coefficient (Wildman–Crippen LogP) is 1.40. The van der Waals surface area contributed by atoms with Crippen LogP contribution in [-0.2, 0) is 19.6 Å². The smallest absolute Gasteiger partial charge is 0.248 e. The number of amides is 1. The summed E-state index contributed by atoms with van der Waals surface area (Å²) in [4.78, 5) is 16.4. The molecule has 2 fully saturated rings. The number of piperidine rings is 1. The highest BCUT2D eigenvalue weighted by Crippen LogP contribution is 2.25. The van der Waals surface area contributed by atoms with Crippen LogP contribution in [0.4, 0.5) is 0 Å². The summed E-state index contributed by atoms with van der Waals surface area (Å²) in [5.74, 6) is 0.412. The summed E-state index contributed by atoms with van der Waals surface area (Å²) in [5.41, 5.74) is 0.380. The Hall–Kier alpha value is -1.49. The quantitative estimate of drug-likeness (QED) is 0.630. The van der Waals surface area contributed by atoms with Gasteiger partial charge in [0, 0.05) is 65.4 Å². The summed E-state index contributed by atoms with van der Waals surface area (Å²) in [6.07, 6.45) is 3.84. The molecule has 1 amide bonds. The van der Waals surface area contributed by atoms with E-state index in [0.717, 1.165) is 45.4 Å². The molecule has 2 aliphatic rings. The zero-order valence-corrected chi connectivity index (χ0v) is 19.3. The van der Waals surface area contributed by atoms with Crippen LogP contribution in [0.25, 0.3) is 0 Å². The molecule has 2 saturated heterocycles. The van der Waals surface area contributed by atoms with Gasteiger partial charge in [0.15, 0.2) is 5.76 Å². The summed E-state index contributed by atoms with van der Waals surface area (Å²) in [6.45, 7) is 8.79. The van der Waals surface area contributed by atoms with Crippen LogP contribution in [0.5, 0.6) is 0 Å². The topological polar surface area (TPSA) is 96.2 Å². The molecule has 0 bridgehead atoms. The van der Waals surface area contributed by atoms with Gasteiger partial charge in [-0.15, -0.1) is 0 Å². The molecular weight excluding hydrogens is 408 g/mol. The van der Waals surface area contributed by atoms with Gasteiger partial charge in [-0.2, -0.15) is 4.31 Å². The van der Waals surface area contributed by atoms with Gasteiger partial charge in [-0.3, -0.25) is 9.69 Å². The van der Waals surface area contributed by atoms with Gasteiger partial charge in [-0.1, -0.05) is 5.16 Å². The van der Waals surface area contributed by atoms with Gasteiger partial charge >= 0.3 is 0 Å². The maximum Gasteiger partial charge on any atom is 0.248 e. The standard InChI is InChI=1S/C20H34N4O5S/c1-15-20(16(2)29-21-15)30(26,27)22(4)10-11-24(18-7-12-28-13-8-18)19-6-5-9-23(14-19)17(3)25/h18-19H,5-14H2,1-4H3. The van der Waals surface area contributed by atoms with Crippen molar-refractivity contribution >= 4 is 15.9 Å². The third-order valence-corrected chi connectivity index (χ3v) is 8.38. The lowest BCUT2D eigenvalue weighted by Crippen LogP contribution is -2.55. The Morgan fingerprint density at radius 1 is 1.17 bits per heavy atom. The monoisotopic (exact) mass is 442 g/mol. The second kappa shape index (κ2) is 9.76. The summed E-state index contributed by atoms with van der Waals surface area (Å²) in [7, 11) is -2.07. The number of carbonyl (C=O) groups is 1. The second-order valence-corrected chi connectivity index (χ2v) is 10.3. The number of rotatable bonds is 7. The largest absolute Gasteiger partial charge is 0.381 e. The van der Waals surface area contributed by atoms with E-state index in [1.165, 1.54) is 4.31 Å². The zero-order valence-electron chi connectivity index (χ0n) is 18.5. The van der Waals surface area contributed by atoms with Crippen LogP contribution in [0, 0.1) is 13.8 Å². The van der Waals surface area contributed by atoms with Crippen LogP contribution < -0.4 is 0 Å². The van der Waals surface area contributed by atoms with Crippen LogP contribution in [0.3, 0.4) is 0 Å². The average Bonchev–Trinajstić information content (AvgIpc) is 3.07. The van der Waals surface area contributed by atoms with E-state index in [9.17, 15) is 13.2 Å². The van der Waals surface area contributed by atoms with Crippen molar-refractivity contribution in [2.75, 3.05) is 46.4 Å². The van der Waals surface area contributed by atoms with Crippen LogP contribution in [0.15, 0.2) is 9.42 Å².